The first kappa shape index (κ1) is 15.1. The molecule has 4 heteroatoms. The van der Waals surface area contributed by atoms with Crippen molar-refractivity contribution < 1.29 is 4.79 Å². The summed E-state index contributed by atoms with van der Waals surface area (Å²) >= 11 is 11.1. The minimum absolute atomic E-state index is 0.236. The summed E-state index contributed by atoms with van der Waals surface area (Å²) in [6, 6.07) is 5.64. The molecule has 1 aromatic carbocycles. The largest absolute Gasteiger partial charge is 0.298 e. The number of carbonyl (C=O) groups is 1. The fourth-order valence-electron chi connectivity index (χ4n) is 1.34. The van der Waals surface area contributed by atoms with Gasteiger partial charge in [-0.2, -0.15) is 11.8 Å². The molecule has 0 N–H and O–H groups in total. The number of ketones is 1. The summed E-state index contributed by atoms with van der Waals surface area (Å²) in [5.74, 6) is 2.47. The van der Waals surface area contributed by atoms with Crippen molar-refractivity contribution in [3.05, 3.63) is 33.3 Å². The zero-order chi connectivity index (χ0) is 12.8. The van der Waals surface area contributed by atoms with E-state index >= 15 is 0 Å². The average molecular weight is 336 g/mol. The summed E-state index contributed by atoms with van der Waals surface area (Å²) in [6.45, 7) is 4.31. The van der Waals surface area contributed by atoms with Crippen LogP contribution in [-0.4, -0.2) is 17.3 Å². The first-order valence-corrected chi connectivity index (χ1v) is 7.85. The standard InChI is InChI=1S/C13H16BrClOS/c1-9(2)7-17-8-12(16)5-10-3-4-11(14)6-13(10)15/h3-4,6,9H,5,7-8H2,1-2H3. The Morgan fingerprint density at radius 3 is 2.76 bits per heavy atom. The summed E-state index contributed by atoms with van der Waals surface area (Å²) in [5, 5.41) is 0.654. The van der Waals surface area contributed by atoms with Crippen molar-refractivity contribution in [1.82, 2.24) is 0 Å². The van der Waals surface area contributed by atoms with Crippen LogP contribution in [0.3, 0.4) is 0 Å². The number of carbonyl (C=O) groups excluding carboxylic acids is 1. The second-order valence-electron chi connectivity index (χ2n) is 4.36. The maximum atomic E-state index is 11.7. The Morgan fingerprint density at radius 1 is 1.47 bits per heavy atom. The molecule has 1 aromatic rings. The summed E-state index contributed by atoms with van der Waals surface area (Å²) in [4.78, 5) is 11.7. The van der Waals surface area contributed by atoms with E-state index in [-0.39, 0.29) is 5.78 Å². The van der Waals surface area contributed by atoms with Crippen LogP contribution in [0.1, 0.15) is 19.4 Å². The summed E-state index contributed by atoms with van der Waals surface area (Å²) in [7, 11) is 0. The van der Waals surface area contributed by atoms with E-state index in [0.29, 0.717) is 23.1 Å². The van der Waals surface area contributed by atoms with Crippen molar-refractivity contribution in [2.75, 3.05) is 11.5 Å². The quantitative estimate of drug-likeness (QED) is 0.755. The lowest BCUT2D eigenvalue weighted by Gasteiger charge is -2.06. The maximum absolute atomic E-state index is 11.7. The summed E-state index contributed by atoms with van der Waals surface area (Å²) < 4.78 is 0.938. The second kappa shape index (κ2) is 7.45. The van der Waals surface area contributed by atoms with Gasteiger partial charge < -0.3 is 0 Å². The lowest BCUT2D eigenvalue weighted by molar-refractivity contribution is -0.116. The van der Waals surface area contributed by atoms with Crippen LogP contribution in [0.5, 0.6) is 0 Å². The molecule has 0 aliphatic heterocycles. The molecule has 0 spiro atoms. The molecule has 94 valence electrons. The van der Waals surface area contributed by atoms with Crippen LogP contribution in [0.15, 0.2) is 22.7 Å². The van der Waals surface area contributed by atoms with Crippen molar-refractivity contribution in [3.8, 4) is 0 Å². The number of Topliss-reactive ketones (excluding diaryl/α,β-unsaturated/α-hetero) is 1. The third kappa shape index (κ3) is 5.94. The molecule has 0 radical (unpaired) electrons. The molecule has 0 bridgehead atoms. The first-order valence-electron chi connectivity index (χ1n) is 5.52. The average Bonchev–Trinajstić information content (AvgIpc) is 2.21. The second-order valence-corrected chi connectivity index (χ2v) is 6.71. The molecule has 1 rings (SSSR count). The number of benzene rings is 1. The highest BCUT2D eigenvalue weighted by Crippen LogP contribution is 2.22. The summed E-state index contributed by atoms with van der Waals surface area (Å²) in [5.41, 5.74) is 0.907. The Morgan fingerprint density at radius 2 is 2.18 bits per heavy atom. The van der Waals surface area contributed by atoms with E-state index in [1.54, 1.807) is 11.8 Å². The molecule has 17 heavy (non-hydrogen) atoms. The van der Waals surface area contributed by atoms with Gasteiger partial charge in [-0.3, -0.25) is 4.79 Å². The van der Waals surface area contributed by atoms with Crippen molar-refractivity contribution >= 4 is 45.1 Å². The van der Waals surface area contributed by atoms with Gasteiger partial charge in [-0.1, -0.05) is 47.4 Å². The van der Waals surface area contributed by atoms with Gasteiger partial charge in [0.1, 0.15) is 5.78 Å². The van der Waals surface area contributed by atoms with Crippen molar-refractivity contribution in [2.24, 2.45) is 5.92 Å². The number of rotatable bonds is 6. The molecule has 0 amide bonds. The van der Waals surface area contributed by atoms with Crippen LogP contribution < -0.4 is 0 Å². The maximum Gasteiger partial charge on any atom is 0.147 e. The van der Waals surface area contributed by atoms with Crippen LogP contribution in [-0.2, 0) is 11.2 Å². The molecule has 0 atom stereocenters. The monoisotopic (exact) mass is 334 g/mol. The first-order chi connectivity index (χ1) is 7.99. The predicted molar refractivity (Wildman–Crippen MR) is 80.0 cm³/mol. The Bertz CT molecular complexity index is 393. The van der Waals surface area contributed by atoms with Crippen molar-refractivity contribution in [1.29, 1.82) is 0 Å². The van der Waals surface area contributed by atoms with E-state index in [0.717, 1.165) is 15.8 Å². The smallest absolute Gasteiger partial charge is 0.147 e. The highest BCUT2D eigenvalue weighted by atomic mass is 79.9. The van der Waals surface area contributed by atoms with E-state index in [2.05, 4.69) is 29.8 Å². The SMILES string of the molecule is CC(C)CSCC(=O)Cc1ccc(Br)cc1Cl. The molecule has 0 aromatic heterocycles. The Hall–Kier alpha value is 0.01000. The van der Waals surface area contributed by atoms with Crippen LogP contribution in [0.25, 0.3) is 0 Å². The van der Waals surface area contributed by atoms with Crippen LogP contribution in [0.2, 0.25) is 5.02 Å². The molecule has 0 heterocycles. The van der Waals surface area contributed by atoms with E-state index in [1.165, 1.54) is 0 Å². The Kier molecular flexibility index (Phi) is 6.60. The van der Waals surface area contributed by atoms with Crippen molar-refractivity contribution in [2.45, 2.75) is 20.3 Å². The lowest BCUT2D eigenvalue weighted by Crippen LogP contribution is -2.07. The molecule has 0 aliphatic rings. The topological polar surface area (TPSA) is 17.1 Å². The van der Waals surface area contributed by atoms with Gasteiger partial charge >= 0.3 is 0 Å². The van der Waals surface area contributed by atoms with E-state index in [4.69, 9.17) is 11.6 Å². The van der Waals surface area contributed by atoms with Gasteiger partial charge in [0.25, 0.3) is 0 Å². The molecule has 0 fully saturated rings. The molecule has 0 saturated heterocycles. The third-order valence-electron chi connectivity index (χ3n) is 2.12. The zero-order valence-corrected chi connectivity index (χ0v) is 13.2. The van der Waals surface area contributed by atoms with E-state index < -0.39 is 0 Å². The number of halogens is 2. The minimum atomic E-state index is 0.236. The fraction of sp³-hybridized carbons (Fsp3) is 0.462. The predicted octanol–water partition coefficient (Wildman–Crippen LogP) is 4.60. The molecule has 0 unspecified atom stereocenters. The highest BCUT2D eigenvalue weighted by molar-refractivity contribution is 9.10. The lowest BCUT2D eigenvalue weighted by atomic mass is 10.1. The molecule has 1 nitrogen and oxygen atoms in total. The summed E-state index contributed by atoms with van der Waals surface area (Å²) in [6.07, 6.45) is 0.428. The van der Waals surface area contributed by atoms with Gasteiger partial charge in [-0.05, 0) is 29.4 Å². The third-order valence-corrected chi connectivity index (χ3v) is 4.39. The Balaban J connectivity index is 2.45. The highest BCUT2D eigenvalue weighted by Gasteiger charge is 2.08. The van der Waals surface area contributed by atoms with Gasteiger partial charge in [0, 0.05) is 15.9 Å². The van der Waals surface area contributed by atoms with Gasteiger partial charge in [0.15, 0.2) is 0 Å². The normalized spacial score (nSPS) is 10.9. The van der Waals surface area contributed by atoms with Crippen LogP contribution in [0.4, 0.5) is 0 Å². The fourth-order valence-corrected chi connectivity index (χ4v) is 3.00. The Labute approximate surface area is 120 Å². The van der Waals surface area contributed by atoms with Crippen LogP contribution in [0, 0.1) is 5.92 Å². The van der Waals surface area contributed by atoms with E-state index in [1.807, 2.05) is 18.2 Å². The van der Waals surface area contributed by atoms with Gasteiger partial charge in [-0.25, -0.2) is 0 Å². The number of hydrogen-bond donors (Lipinski definition) is 0. The van der Waals surface area contributed by atoms with Gasteiger partial charge in [-0.15, -0.1) is 0 Å². The van der Waals surface area contributed by atoms with Crippen molar-refractivity contribution in [3.63, 3.8) is 0 Å². The van der Waals surface area contributed by atoms with Gasteiger partial charge in [0.05, 0.1) is 5.75 Å². The molecule has 0 aliphatic carbocycles. The number of thioether (sulfide) groups is 1. The zero-order valence-electron chi connectivity index (χ0n) is 10.0. The van der Waals surface area contributed by atoms with Crippen LogP contribution >= 0.6 is 39.3 Å². The number of hydrogen-bond acceptors (Lipinski definition) is 2. The van der Waals surface area contributed by atoms with E-state index in [9.17, 15) is 4.79 Å². The molecular weight excluding hydrogens is 320 g/mol. The molecular formula is C13H16BrClOS. The van der Waals surface area contributed by atoms with Gasteiger partial charge in [0.2, 0.25) is 0 Å². The minimum Gasteiger partial charge on any atom is -0.298 e. The molecule has 0 saturated carbocycles.